The zero-order valence-corrected chi connectivity index (χ0v) is 15.7. The van der Waals surface area contributed by atoms with Crippen molar-refractivity contribution in [2.45, 2.75) is 25.7 Å². The summed E-state index contributed by atoms with van der Waals surface area (Å²) in [6.45, 7) is 5.28. The number of nitrogens with zero attached hydrogens (tertiary/aromatic N) is 3. The third kappa shape index (κ3) is 4.64. The van der Waals surface area contributed by atoms with Crippen LogP contribution in [-0.2, 0) is 11.2 Å². The highest BCUT2D eigenvalue weighted by Crippen LogP contribution is 2.26. The van der Waals surface area contributed by atoms with Crippen LogP contribution < -0.4 is 4.74 Å². The van der Waals surface area contributed by atoms with Crippen LogP contribution in [0.4, 0.5) is 0 Å². The Bertz CT molecular complexity index is 853. The minimum Gasteiger partial charge on any atom is -0.480 e. The van der Waals surface area contributed by atoms with Crippen molar-refractivity contribution in [2.75, 3.05) is 20.2 Å². The molecule has 1 aliphatic rings. The smallest absolute Gasteiger partial charge is 0.224 e. The largest absolute Gasteiger partial charge is 0.480 e. The van der Waals surface area contributed by atoms with E-state index in [0.29, 0.717) is 24.6 Å². The quantitative estimate of drug-likeness (QED) is 0.762. The number of aromatic amines is 1. The van der Waals surface area contributed by atoms with Crippen LogP contribution in [0.25, 0.3) is 10.9 Å². The van der Waals surface area contributed by atoms with Gasteiger partial charge in [-0.1, -0.05) is 37.0 Å². The number of carbonyl (C=O) groups is 1. The van der Waals surface area contributed by atoms with Crippen LogP contribution in [0.2, 0.25) is 0 Å². The van der Waals surface area contributed by atoms with Crippen LogP contribution in [0.1, 0.15) is 25.0 Å². The molecule has 6 heteroatoms. The fraction of sp³-hybridized carbons (Fsp3) is 0.381. The molecule has 0 aliphatic carbocycles. The van der Waals surface area contributed by atoms with Crippen molar-refractivity contribution in [2.24, 2.45) is 5.92 Å². The van der Waals surface area contributed by atoms with Gasteiger partial charge in [0.25, 0.3) is 0 Å². The third-order valence-corrected chi connectivity index (χ3v) is 4.84. The lowest BCUT2D eigenvalue weighted by molar-refractivity contribution is -0.132. The van der Waals surface area contributed by atoms with E-state index in [1.807, 2.05) is 29.2 Å². The van der Waals surface area contributed by atoms with Crippen LogP contribution in [0, 0.1) is 5.92 Å². The van der Waals surface area contributed by atoms with Crippen molar-refractivity contribution >= 4 is 16.8 Å². The molecule has 1 aliphatic heterocycles. The second-order valence-electron chi connectivity index (χ2n) is 6.66. The highest BCUT2D eigenvalue weighted by molar-refractivity contribution is 5.86. The Labute approximate surface area is 159 Å². The maximum absolute atomic E-state index is 12.7. The number of methoxy groups -OCH3 is 1. The molecule has 1 fully saturated rings. The summed E-state index contributed by atoms with van der Waals surface area (Å²) in [5.74, 6) is 1.13. The normalized spacial score (nSPS) is 17.8. The van der Waals surface area contributed by atoms with Gasteiger partial charge in [-0.2, -0.15) is 5.10 Å². The molecular weight excluding hydrogens is 340 g/mol. The number of aryl methyl sites for hydroxylation is 1. The third-order valence-electron chi connectivity index (χ3n) is 4.84. The first-order valence-corrected chi connectivity index (χ1v) is 9.32. The van der Waals surface area contributed by atoms with Gasteiger partial charge >= 0.3 is 0 Å². The molecule has 27 heavy (non-hydrogen) atoms. The predicted octanol–water partition coefficient (Wildman–Crippen LogP) is 3.44. The average molecular weight is 366 g/mol. The molecule has 2 aromatic heterocycles. The Hall–Kier alpha value is -2.89. The number of pyridine rings is 1. The molecule has 3 heterocycles. The topological polar surface area (TPSA) is 71.1 Å². The standard InChI is InChI=1S/C21H26N4O2/c1-3-4-5-6-8-16-9-7-14-25(15-16)19(26)11-10-17-20-18(24-23-17)12-13-22-21(20)27-2/h3-6,8,12-13,16H,1,7,9-11,14-15H2,2H3,(H,23,24). The van der Waals surface area contributed by atoms with Gasteiger partial charge in [0.05, 0.1) is 18.0 Å². The van der Waals surface area contributed by atoms with E-state index in [0.717, 1.165) is 42.5 Å². The van der Waals surface area contributed by atoms with Gasteiger partial charge in [-0.05, 0) is 31.2 Å². The van der Waals surface area contributed by atoms with E-state index in [-0.39, 0.29) is 5.91 Å². The van der Waals surface area contributed by atoms with Gasteiger partial charge in [0, 0.05) is 31.4 Å². The number of hydrogen-bond acceptors (Lipinski definition) is 4. The summed E-state index contributed by atoms with van der Waals surface area (Å²) >= 11 is 0. The molecule has 0 bridgehead atoms. The number of rotatable bonds is 7. The Kier molecular flexibility index (Phi) is 6.41. The minimum atomic E-state index is 0.181. The lowest BCUT2D eigenvalue weighted by atomic mass is 9.97. The van der Waals surface area contributed by atoms with Crippen LogP contribution >= 0.6 is 0 Å². The summed E-state index contributed by atoms with van der Waals surface area (Å²) in [5, 5.41) is 8.18. The molecule has 2 aromatic rings. The van der Waals surface area contributed by atoms with E-state index >= 15 is 0 Å². The van der Waals surface area contributed by atoms with E-state index in [2.05, 4.69) is 27.8 Å². The van der Waals surface area contributed by atoms with Crippen molar-refractivity contribution in [3.63, 3.8) is 0 Å². The number of ether oxygens (including phenoxy) is 1. The molecule has 142 valence electrons. The van der Waals surface area contributed by atoms with Gasteiger partial charge in [0.2, 0.25) is 11.8 Å². The van der Waals surface area contributed by atoms with Crippen molar-refractivity contribution in [3.8, 4) is 5.88 Å². The van der Waals surface area contributed by atoms with Crippen LogP contribution in [0.15, 0.2) is 49.2 Å². The summed E-state index contributed by atoms with van der Waals surface area (Å²) in [4.78, 5) is 18.9. The number of nitrogens with one attached hydrogen (secondary N) is 1. The molecular formula is C21H26N4O2. The summed E-state index contributed by atoms with van der Waals surface area (Å²) in [6, 6.07) is 1.84. The number of allylic oxidation sites excluding steroid dienone is 4. The van der Waals surface area contributed by atoms with E-state index in [1.54, 1.807) is 19.4 Å². The fourth-order valence-electron chi connectivity index (χ4n) is 3.48. The van der Waals surface area contributed by atoms with Gasteiger partial charge in [0.15, 0.2) is 0 Å². The van der Waals surface area contributed by atoms with E-state index < -0.39 is 0 Å². The number of H-pyrrole nitrogens is 1. The number of carbonyl (C=O) groups excluding carboxylic acids is 1. The SMILES string of the molecule is C=CC=CC=CC1CCCN(C(=O)CCc2[nH]nc3ccnc(OC)c23)C1. The van der Waals surface area contributed by atoms with Crippen LogP contribution in [0.5, 0.6) is 5.88 Å². The molecule has 1 saturated heterocycles. The summed E-state index contributed by atoms with van der Waals surface area (Å²) in [5.41, 5.74) is 1.70. The number of fused-ring (bicyclic) bond motifs is 1. The maximum Gasteiger partial charge on any atom is 0.224 e. The van der Waals surface area contributed by atoms with Crippen molar-refractivity contribution in [3.05, 3.63) is 54.9 Å². The van der Waals surface area contributed by atoms with E-state index in [1.165, 1.54) is 0 Å². The van der Waals surface area contributed by atoms with E-state index in [9.17, 15) is 4.79 Å². The first kappa shape index (κ1) is 18.9. The number of aromatic nitrogens is 3. The second-order valence-corrected chi connectivity index (χ2v) is 6.66. The molecule has 0 aromatic carbocycles. The molecule has 0 spiro atoms. The summed E-state index contributed by atoms with van der Waals surface area (Å²) in [7, 11) is 1.59. The zero-order valence-electron chi connectivity index (χ0n) is 15.7. The van der Waals surface area contributed by atoms with E-state index in [4.69, 9.17) is 4.74 Å². The molecule has 1 N–H and O–H groups in total. The maximum atomic E-state index is 12.7. The Morgan fingerprint density at radius 3 is 3.15 bits per heavy atom. The highest BCUT2D eigenvalue weighted by Gasteiger charge is 2.22. The Morgan fingerprint density at radius 2 is 2.33 bits per heavy atom. The lowest BCUT2D eigenvalue weighted by Gasteiger charge is -2.31. The van der Waals surface area contributed by atoms with Gasteiger partial charge in [-0.25, -0.2) is 4.98 Å². The average Bonchev–Trinajstić information content (AvgIpc) is 3.13. The molecule has 0 saturated carbocycles. The number of piperidine rings is 1. The number of likely N-dealkylation sites (tertiary alicyclic amines) is 1. The van der Waals surface area contributed by atoms with Crippen LogP contribution in [0.3, 0.4) is 0 Å². The molecule has 1 unspecified atom stereocenters. The fourth-order valence-corrected chi connectivity index (χ4v) is 3.48. The van der Waals surface area contributed by atoms with Gasteiger partial charge in [0.1, 0.15) is 0 Å². The van der Waals surface area contributed by atoms with Gasteiger partial charge < -0.3 is 9.64 Å². The molecule has 0 radical (unpaired) electrons. The van der Waals surface area contributed by atoms with Gasteiger partial charge in [-0.3, -0.25) is 9.89 Å². The highest BCUT2D eigenvalue weighted by atomic mass is 16.5. The molecule has 1 atom stereocenters. The van der Waals surface area contributed by atoms with Gasteiger partial charge in [-0.15, -0.1) is 0 Å². The van der Waals surface area contributed by atoms with Crippen LogP contribution in [-0.4, -0.2) is 46.2 Å². The first-order valence-electron chi connectivity index (χ1n) is 9.32. The molecule has 6 nitrogen and oxygen atoms in total. The lowest BCUT2D eigenvalue weighted by Crippen LogP contribution is -2.39. The summed E-state index contributed by atoms with van der Waals surface area (Å²) in [6.07, 6.45) is 14.7. The Morgan fingerprint density at radius 1 is 1.44 bits per heavy atom. The van der Waals surface area contributed by atoms with Crippen molar-refractivity contribution < 1.29 is 9.53 Å². The molecule has 1 amide bonds. The first-order chi connectivity index (χ1) is 13.2. The number of hydrogen-bond donors (Lipinski definition) is 1. The predicted molar refractivity (Wildman–Crippen MR) is 107 cm³/mol. The van der Waals surface area contributed by atoms with Crippen molar-refractivity contribution in [1.29, 1.82) is 0 Å². The zero-order chi connectivity index (χ0) is 19.1. The minimum absolute atomic E-state index is 0.181. The molecule has 3 rings (SSSR count). The summed E-state index contributed by atoms with van der Waals surface area (Å²) < 4.78 is 5.33. The Balaban J connectivity index is 1.60. The second kappa shape index (κ2) is 9.16. The monoisotopic (exact) mass is 366 g/mol. The number of amides is 1. The van der Waals surface area contributed by atoms with Crippen molar-refractivity contribution in [1.82, 2.24) is 20.1 Å².